The summed E-state index contributed by atoms with van der Waals surface area (Å²) in [5.41, 5.74) is 3.05. The number of nitrogens with zero attached hydrogens (tertiary/aromatic N) is 2. The lowest BCUT2D eigenvalue weighted by Gasteiger charge is -2.22. The van der Waals surface area contributed by atoms with Gasteiger partial charge in [-0.1, -0.05) is 19.6 Å². The van der Waals surface area contributed by atoms with E-state index in [9.17, 15) is 14.9 Å². The second kappa shape index (κ2) is 6.51. The smallest absolute Gasteiger partial charge is 0.333 e. The number of carbonyl (C=O) groups excluding carboxylic acids is 1. The van der Waals surface area contributed by atoms with Crippen LogP contribution >= 0.6 is 0 Å². The van der Waals surface area contributed by atoms with Gasteiger partial charge in [-0.25, -0.2) is 4.79 Å². The molecular weight excluding hydrogens is 284 g/mol. The number of hydrogen-bond acceptors (Lipinski definition) is 5. The molecule has 1 heterocycles. The molecule has 6 nitrogen and oxygen atoms in total. The fourth-order valence-electron chi connectivity index (χ4n) is 2.63. The number of nitro benzene ring substituents is 1. The van der Waals surface area contributed by atoms with Crippen molar-refractivity contribution in [2.45, 2.75) is 19.8 Å². The summed E-state index contributed by atoms with van der Waals surface area (Å²) in [6.07, 6.45) is 1.18. The van der Waals surface area contributed by atoms with E-state index in [1.807, 2.05) is 6.92 Å². The van der Waals surface area contributed by atoms with Crippen LogP contribution in [-0.4, -0.2) is 30.3 Å². The number of benzene rings is 1. The fraction of sp³-hybridized carbons (Fsp3) is 0.375. The zero-order valence-electron chi connectivity index (χ0n) is 12.7. The molecule has 0 amide bonds. The van der Waals surface area contributed by atoms with Gasteiger partial charge in [-0.05, 0) is 18.4 Å². The topological polar surface area (TPSA) is 81.8 Å². The van der Waals surface area contributed by atoms with E-state index in [4.69, 9.17) is 0 Å². The van der Waals surface area contributed by atoms with E-state index in [1.165, 1.54) is 13.2 Å². The lowest BCUT2D eigenvalue weighted by molar-refractivity contribution is -0.384. The number of fused-ring (bicyclic) bond motifs is 1. The number of esters is 1. The highest BCUT2D eigenvalue weighted by molar-refractivity contribution is 6.05. The number of rotatable bonds is 5. The van der Waals surface area contributed by atoms with Crippen LogP contribution in [0.1, 0.15) is 24.5 Å². The predicted octanol–water partition coefficient (Wildman–Crippen LogP) is 2.70. The number of nitro groups is 1. The molecule has 0 aromatic heterocycles. The van der Waals surface area contributed by atoms with Crippen molar-refractivity contribution in [2.24, 2.45) is 10.9 Å². The van der Waals surface area contributed by atoms with Gasteiger partial charge < -0.3 is 4.74 Å². The van der Waals surface area contributed by atoms with Crippen molar-refractivity contribution >= 4 is 17.4 Å². The summed E-state index contributed by atoms with van der Waals surface area (Å²) in [5, 5.41) is 11.0. The highest BCUT2D eigenvalue weighted by Gasteiger charge is 2.23. The monoisotopic (exact) mass is 302 g/mol. The zero-order valence-corrected chi connectivity index (χ0v) is 12.7. The van der Waals surface area contributed by atoms with Crippen LogP contribution in [0.3, 0.4) is 0 Å². The normalized spacial score (nSPS) is 14.5. The molecule has 0 bridgehead atoms. The number of carbonyl (C=O) groups is 1. The van der Waals surface area contributed by atoms with E-state index in [0.717, 1.165) is 23.3 Å². The van der Waals surface area contributed by atoms with Gasteiger partial charge in [-0.2, -0.15) is 0 Å². The maximum absolute atomic E-state index is 11.5. The summed E-state index contributed by atoms with van der Waals surface area (Å²) >= 11 is 0. The molecule has 0 saturated carbocycles. The lowest BCUT2D eigenvalue weighted by Crippen LogP contribution is -2.21. The van der Waals surface area contributed by atoms with Gasteiger partial charge in [0.15, 0.2) is 0 Å². The summed E-state index contributed by atoms with van der Waals surface area (Å²) in [6, 6.07) is 4.86. The molecule has 6 heteroatoms. The van der Waals surface area contributed by atoms with Crippen LogP contribution in [-0.2, 0) is 16.0 Å². The van der Waals surface area contributed by atoms with Gasteiger partial charge in [-0.3, -0.25) is 15.1 Å². The quantitative estimate of drug-likeness (QED) is 0.362. The van der Waals surface area contributed by atoms with Crippen molar-refractivity contribution in [3.05, 3.63) is 51.6 Å². The van der Waals surface area contributed by atoms with Crippen molar-refractivity contribution in [3.63, 3.8) is 0 Å². The Morgan fingerprint density at radius 2 is 2.27 bits per heavy atom. The van der Waals surface area contributed by atoms with Crippen molar-refractivity contribution < 1.29 is 14.5 Å². The van der Waals surface area contributed by atoms with Gasteiger partial charge in [-0.15, -0.1) is 0 Å². The van der Waals surface area contributed by atoms with Gasteiger partial charge >= 0.3 is 5.97 Å². The molecule has 116 valence electrons. The van der Waals surface area contributed by atoms with Gasteiger partial charge in [0.25, 0.3) is 5.69 Å². The molecule has 22 heavy (non-hydrogen) atoms. The first-order valence-corrected chi connectivity index (χ1v) is 7.02. The molecule has 0 radical (unpaired) electrons. The number of ether oxygens (including phenoxy) is 1. The third-order valence-electron chi connectivity index (χ3n) is 3.74. The standard InChI is InChI=1S/C16H18N2O4/c1-10(8-11(2)16(19)22-3)15-14-9-13(18(20)21)5-4-12(14)6-7-17-15/h4-5,9-10H,2,6-8H2,1,3H3. The van der Waals surface area contributed by atoms with E-state index in [0.29, 0.717) is 18.5 Å². The van der Waals surface area contributed by atoms with Crippen molar-refractivity contribution in [1.82, 2.24) is 0 Å². The average Bonchev–Trinajstić information content (AvgIpc) is 2.52. The van der Waals surface area contributed by atoms with Crippen LogP contribution in [0.25, 0.3) is 0 Å². The molecule has 0 fully saturated rings. The minimum atomic E-state index is -0.442. The minimum Gasteiger partial charge on any atom is -0.466 e. The van der Waals surface area contributed by atoms with Gasteiger partial charge in [0, 0.05) is 41.4 Å². The maximum Gasteiger partial charge on any atom is 0.333 e. The van der Waals surface area contributed by atoms with Crippen LogP contribution in [0, 0.1) is 16.0 Å². The number of non-ortho nitro benzene ring substituents is 1. The summed E-state index contributed by atoms with van der Waals surface area (Å²) in [5.74, 6) is -0.504. The minimum absolute atomic E-state index is 0.0485. The highest BCUT2D eigenvalue weighted by Crippen LogP contribution is 2.27. The van der Waals surface area contributed by atoms with Crippen LogP contribution in [0.15, 0.2) is 35.3 Å². The Kier molecular flexibility index (Phi) is 4.70. The van der Waals surface area contributed by atoms with Gasteiger partial charge in [0.1, 0.15) is 0 Å². The number of methoxy groups -OCH3 is 1. The molecule has 1 aliphatic rings. The first-order valence-electron chi connectivity index (χ1n) is 7.02. The second-order valence-electron chi connectivity index (χ2n) is 5.32. The van der Waals surface area contributed by atoms with Crippen molar-refractivity contribution in [1.29, 1.82) is 0 Å². The van der Waals surface area contributed by atoms with E-state index in [-0.39, 0.29) is 11.6 Å². The Hall–Kier alpha value is -2.50. The predicted molar refractivity (Wildman–Crippen MR) is 83.1 cm³/mol. The molecule has 2 rings (SSSR count). The van der Waals surface area contributed by atoms with E-state index in [2.05, 4.69) is 16.3 Å². The van der Waals surface area contributed by atoms with E-state index >= 15 is 0 Å². The third-order valence-corrected chi connectivity index (χ3v) is 3.74. The number of aliphatic imine (C=N–C) groups is 1. The van der Waals surface area contributed by atoms with Gasteiger partial charge in [0.2, 0.25) is 0 Å². The summed E-state index contributed by atoms with van der Waals surface area (Å²) in [6.45, 7) is 6.30. The molecule has 1 atom stereocenters. The van der Waals surface area contributed by atoms with Crippen molar-refractivity contribution in [2.75, 3.05) is 13.7 Å². The molecule has 0 aliphatic carbocycles. The third kappa shape index (κ3) is 3.21. The number of hydrogen-bond donors (Lipinski definition) is 0. The first-order chi connectivity index (χ1) is 10.4. The Labute approximate surface area is 128 Å². The van der Waals surface area contributed by atoms with Crippen molar-refractivity contribution in [3.8, 4) is 0 Å². The Morgan fingerprint density at radius 3 is 2.91 bits per heavy atom. The molecule has 1 aromatic rings. The zero-order chi connectivity index (χ0) is 16.3. The molecule has 0 saturated heterocycles. The Morgan fingerprint density at radius 1 is 1.55 bits per heavy atom. The second-order valence-corrected chi connectivity index (χ2v) is 5.32. The van der Waals surface area contributed by atoms with Crippen LogP contribution in [0.5, 0.6) is 0 Å². The first kappa shape index (κ1) is 15.9. The van der Waals surface area contributed by atoms with E-state index < -0.39 is 10.9 Å². The fourth-order valence-corrected chi connectivity index (χ4v) is 2.63. The lowest BCUT2D eigenvalue weighted by atomic mass is 9.87. The average molecular weight is 302 g/mol. The molecular formula is C16H18N2O4. The van der Waals surface area contributed by atoms with E-state index in [1.54, 1.807) is 12.1 Å². The Balaban J connectivity index is 2.28. The summed E-state index contributed by atoms with van der Waals surface area (Å²) in [7, 11) is 1.31. The molecule has 1 unspecified atom stereocenters. The molecule has 0 N–H and O–H groups in total. The van der Waals surface area contributed by atoms with Crippen LogP contribution in [0.4, 0.5) is 5.69 Å². The summed E-state index contributed by atoms with van der Waals surface area (Å²) < 4.78 is 4.65. The Bertz CT molecular complexity index is 664. The largest absolute Gasteiger partial charge is 0.466 e. The molecule has 1 aliphatic heterocycles. The maximum atomic E-state index is 11.5. The van der Waals surface area contributed by atoms with Crippen LogP contribution in [0.2, 0.25) is 0 Å². The van der Waals surface area contributed by atoms with Crippen LogP contribution < -0.4 is 0 Å². The highest BCUT2D eigenvalue weighted by atomic mass is 16.6. The van der Waals surface area contributed by atoms with Gasteiger partial charge in [0.05, 0.1) is 12.0 Å². The summed E-state index contributed by atoms with van der Waals surface area (Å²) in [4.78, 5) is 26.5. The SMILES string of the molecule is C=C(CC(C)C1=NCCc2ccc([N+](=O)[O-])cc21)C(=O)OC. The molecule has 0 spiro atoms. The molecule has 1 aromatic carbocycles.